The number of carbonyl (C=O) groups excluding carboxylic acids is 2. The number of benzene rings is 3. The van der Waals surface area contributed by atoms with Gasteiger partial charge in [0, 0.05) is 66.2 Å². The number of fused-ring (bicyclic) bond motifs is 2. The van der Waals surface area contributed by atoms with Gasteiger partial charge in [-0.1, -0.05) is 84.3 Å². The number of nitrogens with zero attached hydrogens (tertiary/aromatic N) is 4. The second-order valence-electron chi connectivity index (χ2n) is 16.0. The fraction of sp³-hybridized carbons (Fsp3) is 0.511. The normalized spacial score (nSPS) is 13.9. The van der Waals surface area contributed by atoms with Crippen LogP contribution in [0.15, 0.2) is 54.6 Å². The van der Waals surface area contributed by atoms with Gasteiger partial charge < -0.3 is 28.4 Å². The fourth-order valence-electron chi connectivity index (χ4n) is 8.03. The molecule has 0 spiro atoms. The van der Waals surface area contributed by atoms with Gasteiger partial charge in [0.1, 0.15) is 17.0 Å². The zero-order valence-corrected chi connectivity index (χ0v) is 37.7. The van der Waals surface area contributed by atoms with E-state index in [2.05, 4.69) is 55.6 Å². The summed E-state index contributed by atoms with van der Waals surface area (Å²) >= 11 is 11.0. The molecular weight excluding hydrogens is 846 g/mol. The van der Waals surface area contributed by atoms with Crippen molar-refractivity contribution in [3.8, 4) is 16.9 Å². The third-order valence-electron chi connectivity index (χ3n) is 10.9. The number of amides is 1. The summed E-state index contributed by atoms with van der Waals surface area (Å²) in [5, 5.41) is 12.8. The molecule has 0 saturated carbocycles. The molecule has 0 radical (unpaired) electrons. The lowest BCUT2D eigenvalue weighted by Crippen LogP contribution is -2.41. The van der Waals surface area contributed by atoms with E-state index in [1.165, 1.54) is 0 Å². The summed E-state index contributed by atoms with van der Waals surface area (Å²) < 4.78 is 25.9. The molecule has 326 valence electrons. The Hall–Kier alpha value is -4.10. The maximum atomic E-state index is 14.2. The molecule has 11 nitrogen and oxygen atoms in total. The minimum atomic E-state index is -0.687. The Morgan fingerprint density at radius 1 is 0.983 bits per heavy atom. The van der Waals surface area contributed by atoms with Gasteiger partial charge in [0.2, 0.25) is 0 Å². The molecule has 3 aromatic carbocycles. The standard InChI is InChI=1S/C46H59BrClN5O6.CH4/c1-7-36-40(41(50-49-36)37(22-25-52-26-29-56-30-27-52)51(6)45(55)59-46(3,4)5)39-35(48)21-20-34-33(43(44(54)57-8-2)53(42(34)39)24-12-11-23-47)18-14-28-58-38-19-13-16-31-15-9-10-17-32(31)38;/h9-10,13,15-17,19-21,37H,7-8,11-12,14,18,22-30H2,1-6H3,(H,49,50);1H4. The van der Waals surface area contributed by atoms with Gasteiger partial charge in [-0.15, -0.1) is 0 Å². The fourth-order valence-corrected chi connectivity index (χ4v) is 8.68. The first kappa shape index (κ1) is 47.0. The monoisotopic (exact) mass is 907 g/mol. The van der Waals surface area contributed by atoms with Crippen LogP contribution in [0.1, 0.15) is 101 Å². The van der Waals surface area contributed by atoms with Crippen molar-refractivity contribution >= 4 is 61.3 Å². The Morgan fingerprint density at radius 2 is 1.73 bits per heavy atom. The third kappa shape index (κ3) is 10.9. The van der Waals surface area contributed by atoms with Crippen LogP contribution in [0.3, 0.4) is 0 Å². The quantitative estimate of drug-likeness (QED) is 0.0526. The van der Waals surface area contributed by atoms with E-state index < -0.39 is 17.7 Å². The predicted molar refractivity (Wildman–Crippen MR) is 246 cm³/mol. The summed E-state index contributed by atoms with van der Waals surface area (Å²) in [5.41, 5.74) is 4.80. The highest BCUT2D eigenvalue weighted by molar-refractivity contribution is 9.09. The molecule has 6 rings (SSSR count). The molecule has 13 heteroatoms. The number of rotatable bonds is 18. The van der Waals surface area contributed by atoms with Crippen LogP contribution < -0.4 is 4.74 Å². The molecule has 1 amide bonds. The van der Waals surface area contributed by atoms with E-state index in [-0.39, 0.29) is 20.0 Å². The molecule has 3 heterocycles. The topological polar surface area (TPSA) is 111 Å². The van der Waals surface area contributed by atoms with Crippen molar-refractivity contribution in [3.63, 3.8) is 0 Å². The molecule has 1 N–H and O–H groups in total. The van der Waals surface area contributed by atoms with Gasteiger partial charge in [0.25, 0.3) is 0 Å². The van der Waals surface area contributed by atoms with Crippen molar-refractivity contribution in [2.45, 2.75) is 98.8 Å². The predicted octanol–water partition coefficient (Wildman–Crippen LogP) is 11.0. The number of esters is 1. The number of morpholine rings is 1. The van der Waals surface area contributed by atoms with Gasteiger partial charge in [0.15, 0.2) is 0 Å². The average Bonchev–Trinajstić information content (AvgIpc) is 3.78. The average molecular weight is 909 g/mol. The smallest absolute Gasteiger partial charge is 0.410 e. The first-order valence-electron chi connectivity index (χ1n) is 21.0. The second kappa shape index (κ2) is 21.6. The lowest BCUT2D eigenvalue weighted by molar-refractivity contribution is 0.0149. The van der Waals surface area contributed by atoms with Crippen LogP contribution in [0.2, 0.25) is 5.02 Å². The van der Waals surface area contributed by atoms with Crippen molar-refractivity contribution in [1.82, 2.24) is 24.6 Å². The molecule has 1 unspecified atom stereocenters. The number of H-pyrrole nitrogens is 1. The largest absolute Gasteiger partial charge is 0.493 e. The summed E-state index contributed by atoms with van der Waals surface area (Å²) in [5.74, 6) is 0.463. The summed E-state index contributed by atoms with van der Waals surface area (Å²) in [7, 11) is 1.78. The van der Waals surface area contributed by atoms with Crippen molar-refractivity contribution in [2.24, 2.45) is 0 Å². The van der Waals surface area contributed by atoms with Crippen molar-refractivity contribution in [3.05, 3.63) is 82.3 Å². The Morgan fingerprint density at radius 3 is 2.45 bits per heavy atom. The number of alkyl halides is 1. The van der Waals surface area contributed by atoms with Gasteiger partial charge in [-0.25, -0.2) is 9.59 Å². The number of aryl methyl sites for hydroxylation is 3. The number of hydrogen-bond donors (Lipinski definition) is 1. The summed E-state index contributed by atoms with van der Waals surface area (Å²) in [6.45, 7) is 14.5. The molecule has 1 saturated heterocycles. The van der Waals surface area contributed by atoms with E-state index in [1.54, 1.807) is 11.9 Å². The highest BCUT2D eigenvalue weighted by Crippen LogP contribution is 2.45. The number of unbranched alkanes of at least 4 members (excludes halogenated alkanes) is 1. The Bertz CT molecular complexity index is 2200. The molecule has 2 aromatic heterocycles. The zero-order valence-electron chi connectivity index (χ0n) is 35.4. The van der Waals surface area contributed by atoms with E-state index in [1.807, 2.05) is 64.1 Å². The minimum Gasteiger partial charge on any atom is -0.493 e. The number of hydrogen-bond acceptors (Lipinski definition) is 8. The summed E-state index contributed by atoms with van der Waals surface area (Å²) in [4.78, 5) is 32.0. The van der Waals surface area contributed by atoms with Crippen molar-refractivity contribution < 1.29 is 28.5 Å². The molecule has 1 atom stereocenters. The number of carbonyl (C=O) groups is 2. The van der Waals surface area contributed by atoms with Crippen LogP contribution in [0.25, 0.3) is 32.8 Å². The highest BCUT2D eigenvalue weighted by Gasteiger charge is 2.35. The maximum Gasteiger partial charge on any atom is 0.410 e. The molecule has 1 aliphatic heterocycles. The Balaban J connectivity index is 0.00000683. The van der Waals surface area contributed by atoms with Crippen LogP contribution in [0, 0.1) is 0 Å². The summed E-state index contributed by atoms with van der Waals surface area (Å²) in [6.07, 6.45) is 3.77. The lowest BCUT2D eigenvalue weighted by atomic mass is 9.93. The molecule has 1 fully saturated rings. The maximum absolute atomic E-state index is 14.2. The molecular formula is C47H63BrClN5O6. The van der Waals surface area contributed by atoms with E-state index in [0.29, 0.717) is 68.5 Å². The minimum absolute atomic E-state index is 0. The Kier molecular flexibility index (Phi) is 16.9. The van der Waals surface area contributed by atoms with E-state index in [4.69, 9.17) is 35.6 Å². The van der Waals surface area contributed by atoms with Gasteiger partial charge in [-0.05, 0) is 89.3 Å². The third-order valence-corrected chi connectivity index (χ3v) is 11.7. The van der Waals surface area contributed by atoms with Crippen molar-refractivity contribution in [2.75, 3.05) is 58.4 Å². The number of halogens is 2. The number of ether oxygens (including phenoxy) is 4. The first-order chi connectivity index (χ1) is 28.5. The molecule has 0 aliphatic carbocycles. The van der Waals surface area contributed by atoms with Crippen LogP contribution in [-0.2, 0) is 33.6 Å². The van der Waals surface area contributed by atoms with Gasteiger partial charge in [-0.3, -0.25) is 10.00 Å². The SMILES string of the molecule is C.CCOC(=O)c1c(CCCOc2cccc3ccccc23)c2ccc(Cl)c(-c3c(C(CCN4CCOCC4)N(C)C(=O)OC(C)(C)C)n[nH]c3CC)c2n1CCCCBr. The molecule has 60 heavy (non-hydrogen) atoms. The highest BCUT2D eigenvalue weighted by atomic mass is 79.9. The van der Waals surface area contributed by atoms with Gasteiger partial charge in [-0.2, -0.15) is 5.10 Å². The molecule has 5 aromatic rings. The zero-order chi connectivity index (χ0) is 42.1. The van der Waals surface area contributed by atoms with Crippen LogP contribution in [-0.4, -0.2) is 101 Å². The summed E-state index contributed by atoms with van der Waals surface area (Å²) in [6, 6.07) is 17.8. The Labute approximate surface area is 369 Å². The number of aromatic nitrogens is 3. The van der Waals surface area contributed by atoms with Gasteiger partial charge >= 0.3 is 12.1 Å². The van der Waals surface area contributed by atoms with Crippen LogP contribution in [0.4, 0.5) is 4.79 Å². The first-order valence-corrected chi connectivity index (χ1v) is 22.5. The molecule has 0 bridgehead atoms. The lowest BCUT2D eigenvalue weighted by Gasteiger charge is -2.33. The van der Waals surface area contributed by atoms with Crippen LogP contribution >= 0.6 is 27.5 Å². The number of aromatic amines is 1. The van der Waals surface area contributed by atoms with Crippen LogP contribution in [0.5, 0.6) is 5.75 Å². The van der Waals surface area contributed by atoms with E-state index in [9.17, 15) is 9.59 Å². The van der Waals surface area contributed by atoms with Gasteiger partial charge in [0.05, 0.1) is 48.7 Å². The molecule has 1 aliphatic rings. The number of nitrogens with one attached hydrogen (secondary N) is 1. The van der Waals surface area contributed by atoms with E-state index >= 15 is 0 Å². The second-order valence-corrected chi connectivity index (χ2v) is 17.2. The van der Waals surface area contributed by atoms with Crippen molar-refractivity contribution in [1.29, 1.82) is 0 Å². The van der Waals surface area contributed by atoms with E-state index in [0.717, 1.165) is 87.6 Å².